The molecule has 0 aliphatic rings. The highest BCUT2D eigenvalue weighted by molar-refractivity contribution is 7.89. The second-order valence-electron chi connectivity index (χ2n) is 3.11. The lowest BCUT2D eigenvalue weighted by Crippen LogP contribution is -2.35. The Morgan fingerprint density at radius 3 is 2.69 bits per heavy atom. The molecule has 0 saturated heterocycles. The number of pyridine rings is 1. The third-order valence-electron chi connectivity index (χ3n) is 1.87. The molecule has 0 aliphatic heterocycles. The van der Waals surface area contributed by atoms with E-state index in [0.29, 0.717) is 0 Å². The number of rotatable bonds is 4. The number of carbonyl (C=O) groups excluding carboxylic acids is 1. The van der Waals surface area contributed by atoms with E-state index in [-0.39, 0.29) is 10.7 Å². The Hall–Kier alpha value is -1.67. The van der Waals surface area contributed by atoms with Gasteiger partial charge in [-0.25, -0.2) is 13.4 Å². The fourth-order valence-electron chi connectivity index (χ4n) is 1.09. The Labute approximate surface area is 93.1 Å². The van der Waals surface area contributed by atoms with Gasteiger partial charge in [-0.3, -0.25) is 4.79 Å². The van der Waals surface area contributed by atoms with E-state index in [2.05, 4.69) is 4.98 Å². The quantitative estimate of drug-likeness (QED) is 0.687. The Bertz CT molecular complexity index is 500. The summed E-state index contributed by atoms with van der Waals surface area (Å²) in [6.45, 7) is -0.406. The SMILES string of the molecule is CN(CC(N)=O)S(=O)(=O)c1cccnc1N. The van der Waals surface area contributed by atoms with E-state index in [0.717, 1.165) is 4.31 Å². The van der Waals surface area contributed by atoms with Gasteiger partial charge in [0.2, 0.25) is 15.9 Å². The lowest BCUT2D eigenvalue weighted by Gasteiger charge is -2.15. The first-order valence-electron chi connectivity index (χ1n) is 4.31. The van der Waals surface area contributed by atoms with Crippen LogP contribution in [0.5, 0.6) is 0 Å². The molecule has 0 radical (unpaired) electrons. The average Bonchev–Trinajstić information content (AvgIpc) is 2.16. The highest BCUT2D eigenvalue weighted by atomic mass is 32.2. The van der Waals surface area contributed by atoms with Gasteiger partial charge in [0.25, 0.3) is 0 Å². The number of primary amides is 1. The summed E-state index contributed by atoms with van der Waals surface area (Å²) in [5.74, 6) is -0.854. The van der Waals surface area contributed by atoms with Crippen molar-refractivity contribution in [3.63, 3.8) is 0 Å². The topological polar surface area (TPSA) is 119 Å². The van der Waals surface area contributed by atoms with E-state index < -0.39 is 22.5 Å². The molecule has 1 amide bonds. The van der Waals surface area contributed by atoms with E-state index in [1.807, 2.05) is 0 Å². The zero-order chi connectivity index (χ0) is 12.3. The molecule has 88 valence electrons. The zero-order valence-electron chi connectivity index (χ0n) is 8.62. The van der Waals surface area contributed by atoms with Crippen LogP contribution in [0.1, 0.15) is 0 Å². The molecule has 1 rings (SSSR count). The predicted molar refractivity (Wildman–Crippen MR) is 57.7 cm³/mol. The molecule has 4 N–H and O–H groups in total. The van der Waals surface area contributed by atoms with Crippen LogP contribution >= 0.6 is 0 Å². The summed E-state index contributed by atoms with van der Waals surface area (Å²) in [6.07, 6.45) is 1.38. The molecule has 0 saturated carbocycles. The first-order valence-corrected chi connectivity index (χ1v) is 5.75. The second kappa shape index (κ2) is 4.45. The number of hydrogen-bond acceptors (Lipinski definition) is 5. The minimum Gasteiger partial charge on any atom is -0.383 e. The largest absolute Gasteiger partial charge is 0.383 e. The van der Waals surface area contributed by atoms with Crippen molar-refractivity contribution in [2.75, 3.05) is 19.3 Å². The summed E-state index contributed by atoms with van der Waals surface area (Å²) in [5, 5.41) is 0. The summed E-state index contributed by atoms with van der Waals surface area (Å²) in [5.41, 5.74) is 10.4. The molecule has 1 aromatic rings. The first-order chi connectivity index (χ1) is 7.35. The monoisotopic (exact) mass is 244 g/mol. The number of nitrogen functional groups attached to an aromatic ring is 1. The van der Waals surface area contributed by atoms with Gasteiger partial charge in [-0.05, 0) is 12.1 Å². The predicted octanol–water partition coefficient (Wildman–Crippen LogP) is -1.23. The van der Waals surface area contributed by atoms with Crippen molar-refractivity contribution in [2.45, 2.75) is 4.90 Å². The standard InChI is InChI=1S/C8H12N4O3S/c1-12(5-7(9)13)16(14,15)6-3-2-4-11-8(6)10/h2-4H,5H2,1H3,(H2,9,13)(H2,10,11). The third kappa shape index (κ3) is 2.47. The fraction of sp³-hybridized carbons (Fsp3) is 0.250. The molecule has 1 heterocycles. The van der Waals surface area contributed by atoms with Gasteiger partial charge in [0.05, 0.1) is 6.54 Å². The molecule has 0 aromatic carbocycles. The number of nitrogens with zero attached hydrogens (tertiary/aromatic N) is 2. The van der Waals surface area contributed by atoms with Gasteiger partial charge in [0.1, 0.15) is 10.7 Å². The van der Waals surface area contributed by atoms with Gasteiger partial charge >= 0.3 is 0 Å². The third-order valence-corrected chi connectivity index (χ3v) is 3.72. The van der Waals surface area contributed by atoms with Crippen LogP contribution in [0.25, 0.3) is 0 Å². The summed E-state index contributed by atoms with van der Waals surface area (Å²) in [7, 11) is -2.58. The van der Waals surface area contributed by atoms with Crippen molar-refractivity contribution in [2.24, 2.45) is 5.73 Å². The van der Waals surface area contributed by atoms with Crippen LogP contribution in [0.2, 0.25) is 0 Å². The zero-order valence-corrected chi connectivity index (χ0v) is 9.44. The average molecular weight is 244 g/mol. The van der Waals surface area contributed by atoms with Crippen LogP contribution in [0.15, 0.2) is 23.2 Å². The van der Waals surface area contributed by atoms with E-state index in [1.165, 1.54) is 25.4 Å². The van der Waals surface area contributed by atoms with Gasteiger partial charge in [0, 0.05) is 13.2 Å². The lowest BCUT2D eigenvalue weighted by atomic mass is 10.5. The smallest absolute Gasteiger partial charge is 0.246 e. The number of anilines is 1. The van der Waals surface area contributed by atoms with Crippen LogP contribution in [-0.2, 0) is 14.8 Å². The minimum atomic E-state index is -3.82. The molecular formula is C8H12N4O3S. The van der Waals surface area contributed by atoms with Crippen molar-refractivity contribution in [1.82, 2.24) is 9.29 Å². The minimum absolute atomic E-state index is 0.112. The molecule has 0 unspecified atom stereocenters. The van der Waals surface area contributed by atoms with Crippen LogP contribution in [-0.4, -0.2) is 37.2 Å². The number of likely N-dealkylation sites (N-methyl/N-ethyl adjacent to an activating group) is 1. The van der Waals surface area contributed by atoms with E-state index >= 15 is 0 Å². The summed E-state index contributed by atoms with van der Waals surface area (Å²) < 4.78 is 24.6. The number of hydrogen-bond donors (Lipinski definition) is 2. The van der Waals surface area contributed by atoms with Crippen LogP contribution in [0.4, 0.5) is 5.82 Å². The molecule has 0 fully saturated rings. The molecule has 16 heavy (non-hydrogen) atoms. The maximum absolute atomic E-state index is 11.9. The highest BCUT2D eigenvalue weighted by Gasteiger charge is 2.24. The molecule has 1 aromatic heterocycles. The number of amides is 1. The Morgan fingerprint density at radius 1 is 1.56 bits per heavy atom. The number of nitrogens with two attached hydrogens (primary N) is 2. The summed E-state index contributed by atoms with van der Waals surface area (Å²) in [4.78, 5) is 14.2. The Morgan fingerprint density at radius 2 is 2.19 bits per heavy atom. The number of sulfonamides is 1. The maximum atomic E-state index is 11.9. The van der Waals surface area contributed by atoms with E-state index in [4.69, 9.17) is 11.5 Å². The molecule has 0 aliphatic carbocycles. The van der Waals surface area contributed by atoms with Crippen LogP contribution in [0, 0.1) is 0 Å². The van der Waals surface area contributed by atoms with Crippen molar-refractivity contribution < 1.29 is 13.2 Å². The highest BCUT2D eigenvalue weighted by Crippen LogP contribution is 2.18. The Kier molecular flexibility index (Phi) is 3.45. The van der Waals surface area contributed by atoms with Crippen molar-refractivity contribution in [3.8, 4) is 0 Å². The molecular weight excluding hydrogens is 232 g/mol. The fourth-order valence-corrected chi connectivity index (χ4v) is 2.29. The Balaban J connectivity index is 3.12. The first kappa shape index (κ1) is 12.4. The number of carbonyl (C=O) groups is 1. The van der Waals surface area contributed by atoms with Crippen molar-refractivity contribution >= 4 is 21.7 Å². The summed E-state index contributed by atoms with van der Waals surface area (Å²) in [6, 6.07) is 2.76. The second-order valence-corrected chi connectivity index (χ2v) is 5.13. The van der Waals surface area contributed by atoms with Crippen LogP contribution in [0.3, 0.4) is 0 Å². The van der Waals surface area contributed by atoms with Gasteiger partial charge in [-0.15, -0.1) is 0 Å². The molecule has 8 heteroatoms. The maximum Gasteiger partial charge on any atom is 0.246 e. The molecule has 0 spiro atoms. The van der Waals surface area contributed by atoms with Crippen molar-refractivity contribution in [3.05, 3.63) is 18.3 Å². The lowest BCUT2D eigenvalue weighted by molar-refractivity contribution is -0.118. The van der Waals surface area contributed by atoms with E-state index in [1.54, 1.807) is 0 Å². The van der Waals surface area contributed by atoms with Crippen LogP contribution < -0.4 is 11.5 Å². The normalized spacial score (nSPS) is 11.6. The number of aromatic nitrogens is 1. The van der Waals surface area contributed by atoms with E-state index in [9.17, 15) is 13.2 Å². The van der Waals surface area contributed by atoms with Gasteiger partial charge < -0.3 is 11.5 Å². The van der Waals surface area contributed by atoms with Gasteiger partial charge in [0.15, 0.2) is 0 Å². The van der Waals surface area contributed by atoms with Gasteiger partial charge in [-0.2, -0.15) is 4.31 Å². The van der Waals surface area contributed by atoms with Crippen molar-refractivity contribution in [1.29, 1.82) is 0 Å². The molecule has 0 atom stereocenters. The molecule has 0 bridgehead atoms. The molecule has 7 nitrogen and oxygen atoms in total. The van der Waals surface area contributed by atoms with Gasteiger partial charge in [-0.1, -0.05) is 0 Å². The summed E-state index contributed by atoms with van der Waals surface area (Å²) >= 11 is 0.